The maximum absolute atomic E-state index is 3.54. The average molecular weight is 448 g/mol. The van der Waals surface area contributed by atoms with E-state index in [1.54, 1.807) is 0 Å². The molecule has 0 fully saturated rings. The maximum atomic E-state index is 3.54. The van der Waals surface area contributed by atoms with Crippen LogP contribution in [-0.2, 0) is 0 Å². The summed E-state index contributed by atoms with van der Waals surface area (Å²) in [6, 6.07) is 51.6. The first-order chi connectivity index (χ1) is 17.3. The second-order valence-corrected chi connectivity index (χ2v) is 8.75. The predicted octanol–water partition coefficient (Wildman–Crippen LogP) is 9.58. The largest absolute Gasteiger partial charge is 0.356 e. The molecule has 0 saturated carbocycles. The van der Waals surface area contributed by atoms with Gasteiger partial charge < -0.3 is 5.32 Å². The molecule has 166 valence electrons. The molecule has 35 heavy (non-hydrogen) atoms. The summed E-state index contributed by atoms with van der Waals surface area (Å²) in [5, 5.41) is 6.08. The van der Waals surface area contributed by atoms with Crippen LogP contribution in [0.3, 0.4) is 0 Å². The summed E-state index contributed by atoms with van der Waals surface area (Å²) in [6.45, 7) is 0. The molecule has 0 spiro atoms. The molecule has 0 heterocycles. The summed E-state index contributed by atoms with van der Waals surface area (Å²) in [4.78, 5) is 0. The number of fused-ring (bicyclic) bond motifs is 1. The highest BCUT2D eigenvalue weighted by Gasteiger charge is 2.05. The van der Waals surface area contributed by atoms with Crippen molar-refractivity contribution in [3.63, 3.8) is 0 Å². The molecule has 6 aromatic carbocycles. The van der Waals surface area contributed by atoms with Gasteiger partial charge in [-0.2, -0.15) is 0 Å². The third-order valence-corrected chi connectivity index (χ3v) is 6.46. The smallest absolute Gasteiger partial charge is 0.0384 e. The van der Waals surface area contributed by atoms with Gasteiger partial charge in [-0.1, -0.05) is 115 Å². The molecule has 0 unspecified atom stereocenters. The fourth-order valence-corrected chi connectivity index (χ4v) is 4.63. The van der Waals surface area contributed by atoms with E-state index in [2.05, 4.69) is 151 Å². The minimum Gasteiger partial charge on any atom is -0.356 e. The minimum atomic E-state index is 1.07. The quantitative estimate of drug-likeness (QED) is 0.277. The van der Waals surface area contributed by atoms with E-state index in [1.165, 1.54) is 44.2 Å². The predicted molar refractivity (Wildman–Crippen MR) is 150 cm³/mol. The lowest BCUT2D eigenvalue weighted by molar-refractivity contribution is 1.53. The van der Waals surface area contributed by atoms with Crippen molar-refractivity contribution < 1.29 is 0 Å². The molecule has 1 N–H and O–H groups in total. The van der Waals surface area contributed by atoms with E-state index < -0.39 is 0 Å². The van der Waals surface area contributed by atoms with Crippen LogP contribution in [0, 0.1) is 0 Å². The number of hydrogen-bond donors (Lipinski definition) is 1. The number of anilines is 2. The minimum absolute atomic E-state index is 1.07. The van der Waals surface area contributed by atoms with Crippen molar-refractivity contribution in [2.75, 3.05) is 5.32 Å². The van der Waals surface area contributed by atoms with Gasteiger partial charge in [0, 0.05) is 11.4 Å². The van der Waals surface area contributed by atoms with E-state index in [1.807, 2.05) is 0 Å². The van der Waals surface area contributed by atoms with E-state index in [9.17, 15) is 0 Å². The van der Waals surface area contributed by atoms with Crippen molar-refractivity contribution in [2.45, 2.75) is 0 Å². The Morgan fingerprint density at radius 1 is 0.343 bits per heavy atom. The Labute approximate surface area is 206 Å². The Bertz CT molecular complexity index is 1580. The molecule has 6 rings (SSSR count). The molecular formula is C34H25N. The van der Waals surface area contributed by atoms with Gasteiger partial charge in [0.1, 0.15) is 0 Å². The third kappa shape index (κ3) is 4.45. The van der Waals surface area contributed by atoms with Crippen LogP contribution >= 0.6 is 0 Å². The van der Waals surface area contributed by atoms with Crippen LogP contribution in [0.15, 0.2) is 146 Å². The van der Waals surface area contributed by atoms with Crippen LogP contribution in [0.2, 0.25) is 0 Å². The first-order valence-electron chi connectivity index (χ1n) is 11.9. The molecule has 0 aromatic heterocycles. The van der Waals surface area contributed by atoms with Crippen LogP contribution in [0.1, 0.15) is 0 Å². The van der Waals surface area contributed by atoms with Gasteiger partial charge in [-0.3, -0.25) is 0 Å². The first-order valence-corrected chi connectivity index (χ1v) is 11.9. The molecule has 0 aliphatic heterocycles. The number of hydrogen-bond acceptors (Lipinski definition) is 1. The molecular weight excluding hydrogens is 422 g/mol. The fourth-order valence-electron chi connectivity index (χ4n) is 4.63. The van der Waals surface area contributed by atoms with Crippen molar-refractivity contribution in [3.8, 4) is 33.4 Å². The lowest BCUT2D eigenvalue weighted by atomic mass is 9.98. The summed E-state index contributed by atoms with van der Waals surface area (Å²) in [6.07, 6.45) is 0. The summed E-state index contributed by atoms with van der Waals surface area (Å²) in [7, 11) is 0. The molecule has 0 aliphatic carbocycles. The normalized spacial score (nSPS) is 10.9. The fraction of sp³-hybridized carbons (Fsp3) is 0. The van der Waals surface area contributed by atoms with Crippen LogP contribution in [0.4, 0.5) is 11.4 Å². The summed E-state index contributed by atoms with van der Waals surface area (Å²) < 4.78 is 0. The monoisotopic (exact) mass is 447 g/mol. The van der Waals surface area contributed by atoms with Gasteiger partial charge >= 0.3 is 0 Å². The maximum Gasteiger partial charge on any atom is 0.0384 e. The lowest BCUT2D eigenvalue weighted by Gasteiger charge is -2.11. The van der Waals surface area contributed by atoms with Crippen molar-refractivity contribution in [3.05, 3.63) is 146 Å². The highest BCUT2D eigenvalue weighted by molar-refractivity contribution is 5.96. The summed E-state index contributed by atoms with van der Waals surface area (Å²) >= 11 is 0. The van der Waals surface area contributed by atoms with Gasteiger partial charge in [0.05, 0.1) is 0 Å². The SMILES string of the molecule is c1ccc(-c2cccc(-c3ccc(Nc4ccc(-c5cccc6ccccc56)cc4)cc3)c2)cc1. The topological polar surface area (TPSA) is 12.0 Å². The number of nitrogens with one attached hydrogen (secondary N) is 1. The highest BCUT2D eigenvalue weighted by atomic mass is 14.9. The zero-order chi connectivity index (χ0) is 23.5. The van der Waals surface area contributed by atoms with Gasteiger partial charge in [0.2, 0.25) is 0 Å². The molecule has 0 radical (unpaired) electrons. The molecule has 0 atom stereocenters. The third-order valence-electron chi connectivity index (χ3n) is 6.46. The standard InChI is InChI=1S/C34H25N/c1-2-8-25(9-3-1)29-12-6-13-30(24-29)26-16-20-31(21-17-26)35-32-22-18-28(19-23-32)34-15-7-11-27-10-4-5-14-33(27)34/h1-24,35H. The van der Waals surface area contributed by atoms with Crippen LogP contribution in [-0.4, -0.2) is 0 Å². The first kappa shape index (κ1) is 20.9. The number of benzene rings is 6. The molecule has 0 saturated heterocycles. The second kappa shape index (κ2) is 9.32. The Kier molecular flexibility index (Phi) is 5.58. The van der Waals surface area contributed by atoms with Crippen LogP contribution < -0.4 is 5.32 Å². The van der Waals surface area contributed by atoms with Gasteiger partial charge in [0.15, 0.2) is 0 Å². The van der Waals surface area contributed by atoms with Crippen molar-refractivity contribution >= 4 is 22.1 Å². The molecule has 6 aromatic rings. The molecule has 1 nitrogen and oxygen atoms in total. The second-order valence-electron chi connectivity index (χ2n) is 8.75. The zero-order valence-electron chi connectivity index (χ0n) is 19.4. The van der Waals surface area contributed by atoms with Crippen LogP contribution in [0.25, 0.3) is 44.2 Å². The van der Waals surface area contributed by atoms with E-state index >= 15 is 0 Å². The van der Waals surface area contributed by atoms with E-state index in [-0.39, 0.29) is 0 Å². The number of rotatable bonds is 5. The molecule has 1 heteroatoms. The Morgan fingerprint density at radius 3 is 1.57 bits per heavy atom. The van der Waals surface area contributed by atoms with Gasteiger partial charge in [0.25, 0.3) is 0 Å². The van der Waals surface area contributed by atoms with Crippen LogP contribution in [0.5, 0.6) is 0 Å². The van der Waals surface area contributed by atoms with Crippen molar-refractivity contribution in [1.29, 1.82) is 0 Å². The van der Waals surface area contributed by atoms with E-state index in [4.69, 9.17) is 0 Å². The Morgan fingerprint density at radius 2 is 0.857 bits per heavy atom. The Hall–Kier alpha value is -4.62. The van der Waals surface area contributed by atoms with E-state index in [0.29, 0.717) is 0 Å². The summed E-state index contributed by atoms with van der Waals surface area (Å²) in [5.74, 6) is 0. The molecule has 0 amide bonds. The van der Waals surface area contributed by atoms with Crippen molar-refractivity contribution in [1.82, 2.24) is 0 Å². The van der Waals surface area contributed by atoms with Gasteiger partial charge in [-0.25, -0.2) is 0 Å². The lowest BCUT2D eigenvalue weighted by Crippen LogP contribution is -1.90. The highest BCUT2D eigenvalue weighted by Crippen LogP contribution is 2.31. The van der Waals surface area contributed by atoms with Gasteiger partial charge in [-0.15, -0.1) is 0 Å². The zero-order valence-corrected chi connectivity index (χ0v) is 19.4. The average Bonchev–Trinajstić information content (AvgIpc) is 2.94. The van der Waals surface area contributed by atoms with Crippen molar-refractivity contribution in [2.24, 2.45) is 0 Å². The van der Waals surface area contributed by atoms with E-state index in [0.717, 1.165) is 11.4 Å². The molecule has 0 aliphatic rings. The Balaban J connectivity index is 1.20. The summed E-state index contributed by atoms with van der Waals surface area (Å²) in [5.41, 5.74) is 9.53. The molecule has 0 bridgehead atoms. The van der Waals surface area contributed by atoms with Gasteiger partial charge in [-0.05, 0) is 74.5 Å².